The largest absolute Gasteiger partial charge is 0.550 e. The number of carbonyl (C=O) groups excluding carboxylic acids is 2. The van der Waals surface area contributed by atoms with Crippen molar-refractivity contribution >= 4 is 19.1 Å². The second-order valence-electron chi connectivity index (χ2n) is 6.22. The van der Waals surface area contributed by atoms with Gasteiger partial charge in [0.25, 0.3) is 0 Å². The molecule has 0 saturated carbocycles. The van der Waals surface area contributed by atoms with Gasteiger partial charge in [0.2, 0.25) is 0 Å². The van der Waals surface area contributed by atoms with E-state index >= 15 is 0 Å². The average Bonchev–Trinajstić information content (AvgIpc) is 2.53. The zero-order valence-corrected chi connectivity index (χ0v) is 16.8. The van der Waals surface area contributed by atoms with Crippen LogP contribution in [0.4, 0.5) is 0 Å². The molecular weight excluding hydrogens is 335 g/mol. The van der Waals surface area contributed by atoms with Gasteiger partial charge < -0.3 is 18.8 Å². The maximum atomic E-state index is 12.5. The summed E-state index contributed by atoms with van der Waals surface area (Å²) in [7, 11) is -0.749. The van der Waals surface area contributed by atoms with Crippen LogP contribution < -0.4 is 0 Å². The summed E-state index contributed by atoms with van der Waals surface area (Å²) in [4.78, 5) is 25.0. The summed E-state index contributed by atoms with van der Waals surface area (Å²) < 4.78 is 21.4. The molecule has 0 bridgehead atoms. The summed E-state index contributed by atoms with van der Waals surface area (Å²) in [6.07, 6.45) is 1.32. The average molecular weight is 366 g/mol. The lowest BCUT2D eigenvalue weighted by Gasteiger charge is -2.26. The van der Waals surface area contributed by atoms with E-state index in [1.54, 1.807) is 13.8 Å². The van der Waals surface area contributed by atoms with Crippen LogP contribution in [0.3, 0.4) is 0 Å². The quantitative estimate of drug-likeness (QED) is 0.184. The lowest BCUT2D eigenvalue weighted by atomic mass is 9.80. The molecule has 0 aromatic carbocycles. The number of ether oxygens (including phenoxy) is 2. The Balaban J connectivity index is 5.60. The maximum Gasteiger partial charge on any atom is 0.550 e. The Kier molecular flexibility index (Phi) is 11.7. The standard InChI is InChI=1S/C19H31BO6/c1-8-12-19(17(21)23-9-2,18(22)24-10-3)13-11-14-20(25-15(4)5)26-16(6)7/h8,15-16H,1,9-10,12-13H2,2-7H3. The van der Waals surface area contributed by atoms with Gasteiger partial charge in [-0.3, -0.25) is 9.59 Å². The van der Waals surface area contributed by atoms with Crippen molar-refractivity contribution in [1.82, 2.24) is 0 Å². The van der Waals surface area contributed by atoms with Crippen LogP contribution in [-0.4, -0.2) is 44.5 Å². The fourth-order valence-corrected chi connectivity index (χ4v) is 2.13. The summed E-state index contributed by atoms with van der Waals surface area (Å²) in [6, 6.07) is 0. The Labute approximate surface area is 157 Å². The highest BCUT2D eigenvalue weighted by Gasteiger charge is 2.47. The predicted octanol–water partition coefficient (Wildman–Crippen LogP) is 2.95. The second-order valence-corrected chi connectivity index (χ2v) is 6.22. The normalized spacial score (nSPS) is 10.9. The molecule has 0 aliphatic rings. The van der Waals surface area contributed by atoms with Crippen molar-refractivity contribution in [3.63, 3.8) is 0 Å². The summed E-state index contributed by atoms with van der Waals surface area (Å²) in [6.45, 7) is 14.8. The molecule has 7 heteroatoms. The minimum atomic E-state index is -1.54. The van der Waals surface area contributed by atoms with Gasteiger partial charge in [0.05, 0.1) is 13.2 Å². The van der Waals surface area contributed by atoms with Crippen molar-refractivity contribution in [2.24, 2.45) is 5.41 Å². The van der Waals surface area contributed by atoms with Crippen molar-refractivity contribution in [2.45, 2.75) is 66.6 Å². The monoisotopic (exact) mass is 366 g/mol. The van der Waals surface area contributed by atoms with Gasteiger partial charge in [0.1, 0.15) is 0 Å². The predicted molar refractivity (Wildman–Crippen MR) is 101 cm³/mol. The van der Waals surface area contributed by atoms with Crippen molar-refractivity contribution in [3.8, 4) is 11.7 Å². The van der Waals surface area contributed by atoms with Crippen LogP contribution in [0.25, 0.3) is 0 Å². The molecule has 0 atom stereocenters. The van der Waals surface area contributed by atoms with Gasteiger partial charge >= 0.3 is 19.1 Å². The Morgan fingerprint density at radius 2 is 1.50 bits per heavy atom. The zero-order chi connectivity index (χ0) is 20.2. The molecule has 0 radical (unpaired) electrons. The minimum absolute atomic E-state index is 0.0695. The van der Waals surface area contributed by atoms with E-state index in [1.807, 2.05) is 27.7 Å². The molecule has 0 aliphatic heterocycles. The molecule has 0 aromatic rings. The molecule has 0 aliphatic carbocycles. The van der Waals surface area contributed by atoms with Crippen molar-refractivity contribution < 1.29 is 28.4 Å². The lowest BCUT2D eigenvalue weighted by Crippen LogP contribution is -2.41. The van der Waals surface area contributed by atoms with Crippen LogP contribution in [0, 0.1) is 17.2 Å². The zero-order valence-electron chi connectivity index (χ0n) is 16.8. The Bertz CT molecular complexity index is 490. The van der Waals surface area contributed by atoms with Gasteiger partial charge in [-0.15, -0.1) is 12.5 Å². The van der Waals surface area contributed by atoms with E-state index in [1.165, 1.54) is 6.08 Å². The van der Waals surface area contributed by atoms with Gasteiger partial charge in [-0.1, -0.05) is 11.9 Å². The summed E-state index contributed by atoms with van der Waals surface area (Å²) >= 11 is 0. The maximum absolute atomic E-state index is 12.5. The number of hydrogen-bond donors (Lipinski definition) is 0. The summed E-state index contributed by atoms with van der Waals surface area (Å²) in [5, 5.41) is 0. The molecule has 6 nitrogen and oxygen atoms in total. The Hall–Kier alpha value is -1.78. The molecule has 0 fully saturated rings. The molecule has 146 valence electrons. The topological polar surface area (TPSA) is 71.1 Å². The second kappa shape index (κ2) is 12.6. The van der Waals surface area contributed by atoms with Crippen LogP contribution in [0.2, 0.25) is 0 Å². The third-order valence-electron chi connectivity index (χ3n) is 3.23. The van der Waals surface area contributed by atoms with Gasteiger partial charge in [0.15, 0.2) is 5.41 Å². The lowest BCUT2D eigenvalue weighted by molar-refractivity contribution is -0.171. The molecule has 0 unspecified atom stereocenters. The highest BCUT2D eigenvalue weighted by Crippen LogP contribution is 2.31. The molecule has 0 rings (SSSR count). The SMILES string of the molecule is C=CCC(CC#CB(OC(C)C)OC(C)C)(C(=O)OCC)C(=O)OCC. The first-order valence-corrected chi connectivity index (χ1v) is 8.98. The van der Waals surface area contributed by atoms with Crippen molar-refractivity contribution in [3.05, 3.63) is 12.7 Å². The Morgan fingerprint density at radius 3 is 1.85 bits per heavy atom. The first kappa shape index (κ1) is 24.2. The van der Waals surface area contributed by atoms with E-state index in [0.717, 1.165) is 0 Å². The fraction of sp³-hybridized carbons (Fsp3) is 0.684. The van der Waals surface area contributed by atoms with Crippen LogP contribution >= 0.6 is 0 Å². The molecular formula is C19H31BO6. The van der Waals surface area contributed by atoms with Gasteiger partial charge in [-0.2, -0.15) is 0 Å². The number of rotatable bonds is 11. The highest BCUT2D eigenvalue weighted by molar-refractivity contribution is 6.54. The molecule has 0 amide bonds. The first-order chi connectivity index (χ1) is 12.2. The van der Waals surface area contributed by atoms with Crippen molar-refractivity contribution in [2.75, 3.05) is 13.2 Å². The van der Waals surface area contributed by atoms with Crippen LogP contribution in [-0.2, 0) is 28.4 Å². The van der Waals surface area contributed by atoms with Gasteiger partial charge in [-0.25, -0.2) is 0 Å². The molecule has 0 heterocycles. The summed E-state index contributed by atoms with van der Waals surface area (Å²) in [5.74, 6) is 4.36. The number of esters is 2. The van der Waals surface area contributed by atoms with E-state index in [-0.39, 0.29) is 38.3 Å². The van der Waals surface area contributed by atoms with Crippen molar-refractivity contribution in [1.29, 1.82) is 0 Å². The van der Waals surface area contributed by atoms with Crippen LogP contribution in [0.5, 0.6) is 0 Å². The minimum Gasteiger partial charge on any atom is -0.465 e. The Morgan fingerprint density at radius 1 is 1.04 bits per heavy atom. The number of allylic oxidation sites excluding steroid dienone is 1. The van der Waals surface area contributed by atoms with Gasteiger partial charge in [-0.05, 0) is 48.0 Å². The van der Waals surface area contributed by atoms with Crippen LogP contribution in [0.15, 0.2) is 12.7 Å². The van der Waals surface area contributed by atoms with Crippen LogP contribution in [0.1, 0.15) is 54.4 Å². The third kappa shape index (κ3) is 8.07. The van der Waals surface area contributed by atoms with E-state index in [0.29, 0.717) is 0 Å². The van der Waals surface area contributed by atoms with Gasteiger partial charge in [0, 0.05) is 18.6 Å². The van der Waals surface area contributed by atoms with E-state index in [2.05, 4.69) is 18.3 Å². The highest BCUT2D eigenvalue weighted by atomic mass is 16.6. The molecule has 0 saturated heterocycles. The van der Waals surface area contributed by atoms with E-state index < -0.39 is 24.5 Å². The molecule has 0 N–H and O–H groups in total. The smallest absolute Gasteiger partial charge is 0.465 e. The first-order valence-electron chi connectivity index (χ1n) is 8.98. The van der Waals surface area contributed by atoms with E-state index in [9.17, 15) is 9.59 Å². The molecule has 0 aromatic heterocycles. The number of hydrogen-bond acceptors (Lipinski definition) is 6. The summed E-state index contributed by atoms with van der Waals surface area (Å²) in [5.41, 5.74) is -1.54. The molecule has 26 heavy (non-hydrogen) atoms. The van der Waals surface area contributed by atoms with E-state index in [4.69, 9.17) is 18.8 Å². The third-order valence-corrected chi connectivity index (χ3v) is 3.23. The molecule has 0 spiro atoms. The fourth-order valence-electron chi connectivity index (χ4n) is 2.13. The number of carbonyl (C=O) groups is 2.